The second kappa shape index (κ2) is 14.5. The maximum absolute atomic E-state index is 5.59. The molecule has 0 spiro atoms. The zero-order valence-electron chi connectivity index (χ0n) is 33.0. The minimum Gasteiger partial charge on any atom is -0.247 e. The molecule has 12 rings (SSSR count). The standard InChI is InChI=1S/C57H35N3S/c1-3-13-36(14-4-1)37-23-27-40(28-24-37)51-35-50(39-15-5-2-6-16-39)59-57(60-51)41-29-25-38(26-30-41)42-31-32-47-52(34-42)58-55(54-48-21-11-12-22-53(48)61-56(47)54)49-33-43-17-7-8-18-44(43)45-19-9-10-20-46(45)49/h1-35H. The number of benzene rings is 9. The number of rotatable bonds is 6. The molecule has 0 amide bonds. The van der Waals surface area contributed by atoms with Crippen LogP contribution in [-0.2, 0) is 0 Å². The zero-order chi connectivity index (χ0) is 40.3. The van der Waals surface area contributed by atoms with Crippen molar-refractivity contribution < 1.29 is 0 Å². The van der Waals surface area contributed by atoms with Gasteiger partial charge in [-0.25, -0.2) is 15.0 Å². The van der Waals surface area contributed by atoms with Crippen molar-refractivity contribution in [3.8, 4) is 67.4 Å². The summed E-state index contributed by atoms with van der Waals surface area (Å²) in [5.74, 6) is 0.689. The van der Waals surface area contributed by atoms with E-state index in [1.165, 1.54) is 58.2 Å². The van der Waals surface area contributed by atoms with Crippen LogP contribution in [0.2, 0.25) is 0 Å². The van der Waals surface area contributed by atoms with Crippen LogP contribution in [0.3, 0.4) is 0 Å². The first-order valence-electron chi connectivity index (χ1n) is 20.6. The van der Waals surface area contributed by atoms with Gasteiger partial charge in [-0.2, -0.15) is 0 Å². The van der Waals surface area contributed by atoms with E-state index in [9.17, 15) is 0 Å². The largest absolute Gasteiger partial charge is 0.247 e. The summed E-state index contributed by atoms with van der Waals surface area (Å²) < 4.78 is 2.53. The quantitative estimate of drug-likeness (QED) is 0.157. The van der Waals surface area contributed by atoms with E-state index in [1.54, 1.807) is 0 Å². The van der Waals surface area contributed by atoms with Crippen LogP contribution in [0.4, 0.5) is 0 Å². The van der Waals surface area contributed by atoms with Crippen LogP contribution in [-0.4, -0.2) is 15.0 Å². The van der Waals surface area contributed by atoms with E-state index in [2.05, 4.69) is 200 Å². The number of thiophene rings is 1. The molecule has 12 aromatic rings. The Morgan fingerprint density at radius 3 is 1.59 bits per heavy atom. The molecule has 0 fully saturated rings. The Morgan fingerprint density at radius 2 is 0.852 bits per heavy atom. The smallest absolute Gasteiger partial charge is 0.160 e. The van der Waals surface area contributed by atoms with E-state index in [0.717, 1.165) is 56.0 Å². The highest BCUT2D eigenvalue weighted by molar-refractivity contribution is 7.26. The molecule has 0 unspecified atom stereocenters. The van der Waals surface area contributed by atoms with E-state index in [0.29, 0.717) is 5.82 Å². The summed E-state index contributed by atoms with van der Waals surface area (Å²) >= 11 is 1.85. The van der Waals surface area contributed by atoms with Gasteiger partial charge in [0.2, 0.25) is 0 Å². The lowest BCUT2D eigenvalue weighted by molar-refractivity contribution is 1.18. The highest BCUT2D eigenvalue weighted by atomic mass is 32.1. The van der Waals surface area contributed by atoms with Crippen molar-refractivity contribution in [1.29, 1.82) is 0 Å². The van der Waals surface area contributed by atoms with E-state index in [1.807, 2.05) is 23.5 Å². The number of nitrogens with zero attached hydrogens (tertiary/aromatic N) is 3. The highest BCUT2D eigenvalue weighted by Gasteiger charge is 2.20. The number of aromatic nitrogens is 3. The molecular weight excluding hydrogens is 759 g/mol. The van der Waals surface area contributed by atoms with Crippen LogP contribution in [0.5, 0.6) is 0 Å². The van der Waals surface area contributed by atoms with Gasteiger partial charge in [0.25, 0.3) is 0 Å². The van der Waals surface area contributed by atoms with Gasteiger partial charge in [-0.3, -0.25) is 0 Å². The van der Waals surface area contributed by atoms with Crippen LogP contribution in [0.15, 0.2) is 212 Å². The monoisotopic (exact) mass is 793 g/mol. The summed E-state index contributed by atoms with van der Waals surface area (Å²) in [6.07, 6.45) is 0. The molecular formula is C57H35N3S. The predicted octanol–water partition coefficient (Wildman–Crippen LogP) is 15.7. The number of hydrogen-bond acceptors (Lipinski definition) is 4. The molecule has 0 N–H and O–H groups in total. The number of hydrogen-bond donors (Lipinski definition) is 0. The Kier molecular flexibility index (Phi) is 8.36. The fourth-order valence-corrected chi connectivity index (χ4v) is 10.1. The Hall–Kier alpha value is -7.79. The summed E-state index contributed by atoms with van der Waals surface area (Å²) in [5, 5.41) is 8.55. The molecule has 0 bridgehead atoms. The van der Waals surface area contributed by atoms with Crippen molar-refractivity contribution in [3.63, 3.8) is 0 Å². The maximum atomic E-state index is 5.59. The van der Waals surface area contributed by atoms with Gasteiger partial charge < -0.3 is 0 Å². The van der Waals surface area contributed by atoms with Gasteiger partial charge in [0.15, 0.2) is 5.82 Å². The summed E-state index contributed by atoms with van der Waals surface area (Å²) in [6, 6.07) is 75.4. The number of pyridine rings is 1. The molecule has 0 aliphatic rings. The third-order valence-electron chi connectivity index (χ3n) is 11.9. The second-order valence-corrected chi connectivity index (χ2v) is 16.6. The minimum absolute atomic E-state index is 0.689. The van der Waals surface area contributed by atoms with Crippen LogP contribution in [0.1, 0.15) is 0 Å². The summed E-state index contributed by atoms with van der Waals surface area (Å²) in [6.45, 7) is 0. The molecule has 61 heavy (non-hydrogen) atoms. The molecule has 3 aromatic heterocycles. The average molecular weight is 794 g/mol. The van der Waals surface area contributed by atoms with Crippen LogP contribution < -0.4 is 0 Å². The molecule has 4 heteroatoms. The first kappa shape index (κ1) is 35.2. The van der Waals surface area contributed by atoms with Gasteiger partial charge in [-0.15, -0.1) is 11.3 Å². The molecule has 3 heterocycles. The molecule has 3 nitrogen and oxygen atoms in total. The Bertz CT molecular complexity index is 3610. The maximum Gasteiger partial charge on any atom is 0.160 e. The molecule has 0 saturated heterocycles. The van der Waals surface area contributed by atoms with Crippen LogP contribution >= 0.6 is 11.3 Å². The first-order chi connectivity index (χ1) is 30.2. The lowest BCUT2D eigenvalue weighted by atomic mass is 9.93. The van der Waals surface area contributed by atoms with Gasteiger partial charge in [0.1, 0.15) is 0 Å². The summed E-state index contributed by atoms with van der Waals surface area (Å²) in [7, 11) is 0. The topological polar surface area (TPSA) is 38.7 Å². The van der Waals surface area contributed by atoms with Crippen molar-refractivity contribution in [2.45, 2.75) is 0 Å². The Morgan fingerprint density at radius 1 is 0.328 bits per heavy atom. The van der Waals surface area contributed by atoms with Crippen molar-refractivity contribution in [2.24, 2.45) is 0 Å². The van der Waals surface area contributed by atoms with E-state index in [4.69, 9.17) is 15.0 Å². The number of fused-ring (bicyclic) bond motifs is 8. The van der Waals surface area contributed by atoms with Crippen molar-refractivity contribution in [1.82, 2.24) is 15.0 Å². The summed E-state index contributed by atoms with van der Waals surface area (Å²) in [4.78, 5) is 15.9. The van der Waals surface area contributed by atoms with Crippen LogP contribution in [0.25, 0.3) is 120 Å². The van der Waals surface area contributed by atoms with Crippen molar-refractivity contribution in [3.05, 3.63) is 212 Å². The third kappa shape index (κ3) is 6.16. The highest BCUT2D eigenvalue weighted by Crippen LogP contribution is 2.46. The minimum atomic E-state index is 0.689. The van der Waals surface area contributed by atoms with Gasteiger partial charge in [0, 0.05) is 47.8 Å². The molecule has 0 aliphatic heterocycles. The molecule has 0 saturated carbocycles. The van der Waals surface area contributed by atoms with E-state index < -0.39 is 0 Å². The first-order valence-corrected chi connectivity index (χ1v) is 21.4. The van der Waals surface area contributed by atoms with Crippen molar-refractivity contribution >= 4 is 64.0 Å². The second-order valence-electron chi connectivity index (χ2n) is 15.5. The van der Waals surface area contributed by atoms with Gasteiger partial charge in [-0.05, 0) is 68.1 Å². The average Bonchev–Trinajstić information content (AvgIpc) is 3.74. The molecule has 0 atom stereocenters. The molecule has 0 radical (unpaired) electrons. The van der Waals surface area contributed by atoms with Gasteiger partial charge in [-0.1, -0.05) is 188 Å². The summed E-state index contributed by atoms with van der Waals surface area (Å²) in [5.41, 5.74) is 12.6. The molecule has 284 valence electrons. The van der Waals surface area contributed by atoms with Gasteiger partial charge in [0.05, 0.1) is 22.6 Å². The molecule has 0 aliphatic carbocycles. The van der Waals surface area contributed by atoms with Crippen LogP contribution in [0, 0.1) is 0 Å². The predicted molar refractivity (Wildman–Crippen MR) is 258 cm³/mol. The van der Waals surface area contributed by atoms with E-state index >= 15 is 0 Å². The lowest BCUT2D eigenvalue weighted by Crippen LogP contribution is -1.96. The molecule has 9 aromatic carbocycles. The van der Waals surface area contributed by atoms with Crippen molar-refractivity contribution in [2.75, 3.05) is 0 Å². The van der Waals surface area contributed by atoms with E-state index in [-0.39, 0.29) is 0 Å². The third-order valence-corrected chi connectivity index (χ3v) is 13.1. The van der Waals surface area contributed by atoms with Gasteiger partial charge >= 0.3 is 0 Å². The Balaban J connectivity index is 0.969. The Labute approximate surface area is 356 Å². The zero-order valence-corrected chi connectivity index (χ0v) is 33.8. The SMILES string of the molecule is c1ccc(-c2ccc(-c3cc(-c4ccccc4)nc(-c4ccc(-c5ccc6c(c5)nc(-c5cc7ccccc7c7ccccc57)c5c7ccccc7sc65)cc4)n3)cc2)cc1. The fraction of sp³-hybridized carbons (Fsp3) is 0. The lowest BCUT2D eigenvalue weighted by Gasteiger charge is -2.14. The normalized spacial score (nSPS) is 11.6. The fourth-order valence-electron chi connectivity index (χ4n) is 8.84.